The lowest BCUT2D eigenvalue weighted by molar-refractivity contribution is 0.315. The van der Waals surface area contributed by atoms with Gasteiger partial charge in [-0.25, -0.2) is 4.39 Å². The minimum absolute atomic E-state index is 0.207. The Balaban J connectivity index is 0.00000138. The molecule has 1 fully saturated rings. The Morgan fingerprint density at radius 3 is 2.39 bits per heavy atom. The van der Waals surface area contributed by atoms with Gasteiger partial charge in [0.05, 0.1) is 24.9 Å². The van der Waals surface area contributed by atoms with Crippen molar-refractivity contribution in [3.05, 3.63) is 72.6 Å². The topological polar surface area (TPSA) is 39.1 Å². The monoisotopic (exact) mass is 419 g/mol. The molecule has 0 radical (unpaired) electrons. The normalized spacial score (nSPS) is 16.0. The first-order chi connectivity index (χ1) is 15.1. The van der Waals surface area contributed by atoms with E-state index in [-0.39, 0.29) is 13.0 Å². The average Bonchev–Trinajstić information content (AvgIpc) is 3.23. The molecular weight excluding hydrogens is 385 g/mol. The van der Waals surface area contributed by atoms with E-state index in [0.29, 0.717) is 12.2 Å². The minimum atomic E-state index is -0.991. The molecule has 4 heteroatoms. The van der Waals surface area contributed by atoms with Gasteiger partial charge in [0, 0.05) is 17.7 Å². The molecule has 0 spiro atoms. The number of nitrogens with zero attached hydrogens (tertiary/aromatic N) is 2. The van der Waals surface area contributed by atoms with Gasteiger partial charge in [0.15, 0.2) is 0 Å². The van der Waals surface area contributed by atoms with Crippen molar-refractivity contribution in [2.45, 2.75) is 46.3 Å². The van der Waals surface area contributed by atoms with E-state index in [9.17, 15) is 9.65 Å². The Kier molecular flexibility index (Phi) is 13.7. The zero-order valence-electron chi connectivity index (χ0n) is 19.2. The van der Waals surface area contributed by atoms with E-state index < -0.39 is 12.2 Å². The summed E-state index contributed by atoms with van der Waals surface area (Å²) in [4.78, 5) is 1.74. The molecule has 0 amide bonds. The minimum Gasteiger partial charge on any atom is -0.379 e. The van der Waals surface area contributed by atoms with Gasteiger partial charge >= 0.3 is 0 Å². The summed E-state index contributed by atoms with van der Waals surface area (Å²) in [6, 6.07) is 15.9. The molecule has 1 N–H and O–H groups in total. The van der Waals surface area contributed by atoms with E-state index in [1.54, 1.807) is 4.90 Å². The highest BCUT2D eigenvalue weighted by atomic mass is 19.1. The Morgan fingerprint density at radius 1 is 1.16 bits per heavy atom. The zero-order chi connectivity index (χ0) is 23.8. The van der Waals surface area contributed by atoms with Gasteiger partial charge in [-0.2, -0.15) is 5.26 Å². The van der Waals surface area contributed by atoms with Crippen LogP contribution >= 0.6 is 0 Å². The van der Waals surface area contributed by atoms with Crippen molar-refractivity contribution in [1.29, 1.82) is 5.26 Å². The Hall–Kier alpha value is -3.46. The number of halogens is 1. The summed E-state index contributed by atoms with van der Waals surface area (Å²) in [6.45, 7) is 16.4. The summed E-state index contributed by atoms with van der Waals surface area (Å²) in [6.07, 6.45) is 7.24. The molecule has 2 aromatic rings. The Morgan fingerprint density at radius 2 is 1.77 bits per heavy atom. The van der Waals surface area contributed by atoms with Gasteiger partial charge in [-0.15, -0.1) is 18.6 Å². The van der Waals surface area contributed by atoms with Crippen molar-refractivity contribution in [3.63, 3.8) is 0 Å². The maximum absolute atomic E-state index is 13.7. The maximum atomic E-state index is 13.7. The lowest BCUT2D eigenvalue weighted by atomic mass is 10.0. The molecule has 2 aromatic carbocycles. The maximum Gasteiger partial charge on any atom is 0.121 e. The van der Waals surface area contributed by atoms with Gasteiger partial charge in [-0.05, 0) is 10.8 Å². The number of alkyl halides is 1. The number of benzene rings is 2. The quantitative estimate of drug-likeness (QED) is 0.456. The van der Waals surface area contributed by atoms with Gasteiger partial charge < -0.3 is 10.2 Å². The average molecular weight is 420 g/mol. The van der Waals surface area contributed by atoms with Crippen LogP contribution in [0.4, 0.5) is 4.39 Å². The second kappa shape index (κ2) is 15.4. The van der Waals surface area contributed by atoms with Gasteiger partial charge in [-0.1, -0.05) is 83.3 Å². The summed E-state index contributed by atoms with van der Waals surface area (Å²) in [5, 5.41) is 14.7. The first-order valence-electron chi connectivity index (χ1n) is 10.6. The van der Waals surface area contributed by atoms with Crippen LogP contribution in [-0.4, -0.2) is 30.2 Å². The van der Waals surface area contributed by atoms with Crippen LogP contribution in [0, 0.1) is 24.2 Å². The summed E-state index contributed by atoms with van der Waals surface area (Å²) in [5.74, 6) is 0. The molecule has 0 aliphatic carbocycles. The van der Waals surface area contributed by atoms with Crippen LogP contribution in [0.15, 0.2) is 67.1 Å². The smallest absolute Gasteiger partial charge is 0.121 e. The summed E-state index contributed by atoms with van der Waals surface area (Å²) >= 11 is 0. The van der Waals surface area contributed by atoms with Crippen molar-refractivity contribution in [3.8, 4) is 18.9 Å². The molecule has 0 saturated carbocycles. The standard InChI is InChI=1S/C21H20FN3.2C2H6.C2H2/c1-3-18(25-14-17(22)11-19(25)12-23)13-24-15(2)20-10-6-8-16-7-4-5-9-21(16)20;3*1-2/h4-10,17,19,24H,1-2,11,13-14H2;2*1-2H3;1-2H. The number of hydrogen-bond donors (Lipinski definition) is 1. The molecule has 3 rings (SSSR count). The molecule has 164 valence electrons. The predicted octanol–water partition coefficient (Wildman–Crippen LogP) is 6.31. The van der Waals surface area contributed by atoms with E-state index >= 15 is 0 Å². The third-order valence-electron chi connectivity index (χ3n) is 4.53. The summed E-state index contributed by atoms with van der Waals surface area (Å²) in [5.41, 5.74) is 5.32. The fraction of sp³-hybridized carbons (Fsp3) is 0.333. The fourth-order valence-electron chi connectivity index (χ4n) is 3.25. The van der Waals surface area contributed by atoms with Crippen LogP contribution in [0.25, 0.3) is 16.5 Å². The molecule has 2 unspecified atom stereocenters. The van der Waals surface area contributed by atoms with Crippen molar-refractivity contribution in [1.82, 2.24) is 10.2 Å². The lowest BCUT2D eigenvalue weighted by Gasteiger charge is -2.24. The third-order valence-corrected chi connectivity index (χ3v) is 4.53. The van der Waals surface area contributed by atoms with Crippen molar-refractivity contribution < 1.29 is 4.39 Å². The van der Waals surface area contributed by atoms with Crippen LogP contribution in [0.5, 0.6) is 0 Å². The highest BCUT2D eigenvalue weighted by molar-refractivity contribution is 5.93. The Bertz CT molecular complexity index is 927. The van der Waals surface area contributed by atoms with Gasteiger partial charge in [-0.3, -0.25) is 0 Å². The molecular formula is C27H34FN3. The molecule has 2 atom stereocenters. The van der Waals surface area contributed by atoms with E-state index in [1.165, 1.54) is 0 Å². The first-order valence-corrected chi connectivity index (χ1v) is 10.6. The molecule has 3 nitrogen and oxygen atoms in total. The SMILES string of the molecule is C#C.C=C=C(CNC(=C)c1cccc2ccccc12)N1CC(F)CC1C#N.CC.CC. The summed E-state index contributed by atoms with van der Waals surface area (Å²) in [7, 11) is 0. The number of likely N-dealkylation sites (tertiary alicyclic amines) is 1. The number of nitriles is 1. The fourth-order valence-corrected chi connectivity index (χ4v) is 3.25. The second-order valence-electron chi connectivity index (χ2n) is 6.11. The molecule has 31 heavy (non-hydrogen) atoms. The lowest BCUT2D eigenvalue weighted by Crippen LogP contribution is -2.32. The Labute approximate surface area is 187 Å². The number of fused-ring (bicyclic) bond motifs is 1. The molecule has 1 aliphatic heterocycles. The van der Waals surface area contributed by atoms with Crippen LogP contribution < -0.4 is 5.32 Å². The highest BCUT2D eigenvalue weighted by Crippen LogP contribution is 2.25. The van der Waals surface area contributed by atoms with Crippen LogP contribution in [0.2, 0.25) is 0 Å². The number of terminal acetylenes is 1. The first kappa shape index (κ1) is 27.5. The number of hydrogen-bond acceptors (Lipinski definition) is 3. The molecule has 1 aliphatic rings. The van der Waals surface area contributed by atoms with E-state index in [2.05, 4.69) is 61.3 Å². The van der Waals surface area contributed by atoms with E-state index in [0.717, 1.165) is 22.0 Å². The van der Waals surface area contributed by atoms with Gasteiger partial charge in [0.25, 0.3) is 0 Å². The number of rotatable bonds is 5. The van der Waals surface area contributed by atoms with Crippen LogP contribution in [0.3, 0.4) is 0 Å². The number of nitrogens with one attached hydrogen (secondary N) is 1. The molecule has 0 aromatic heterocycles. The summed E-state index contributed by atoms with van der Waals surface area (Å²) < 4.78 is 13.7. The van der Waals surface area contributed by atoms with E-state index in [4.69, 9.17) is 0 Å². The zero-order valence-corrected chi connectivity index (χ0v) is 19.2. The predicted molar refractivity (Wildman–Crippen MR) is 132 cm³/mol. The largest absolute Gasteiger partial charge is 0.379 e. The van der Waals surface area contributed by atoms with Crippen LogP contribution in [0.1, 0.15) is 39.7 Å². The van der Waals surface area contributed by atoms with Crippen molar-refractivity contribution in [2.75, 3.05) is 13.1 Å². The van der Waals surface area contributed by atoms with E-state index in [1.807, 2.05) is 52.0 Å². The highest BCUT2D eigenvalue weighted by Gasteiger charge is 2.33. The molecule has 0 bridgehead atoms. The van der Waals surface area contributed by atoms with Crippen molar-refractivity contribution in [2.24, 2.45) is 0 Å². The van der Waals surface area contributed by atoms with Gasteiger partial charge in [0.2, 0.25) is 0 Å². The van der Waals surface area contributed by atoms with Gasteiger partial charge in [0.1, 0.15) is 12.2 Å². The van der Waals surface area contributed by atoms with Crippen LogP contribution in [-0.2, 0) is 0 Å². The third kappa shape index (κ3) is 7.38. The molecule has 1 heterocycles. The molecule has 1 saturated heterocycles. The second-order valence-corrected chi connectivity index (χ2v) is 6.11. The van der Waals surface area contributed by atoms with Crippen molar-refractivity contribution >= 4 is 16.5 Å².